The first-order valence-corrected chi connectivity index (χ1v) is 10.4. The summed E-state index contributed by atoms with van der Waals surface area (Å²) in [5, 5.41) is 3.52. The highest BCUT2D eigenvalue weighted by Gasteiger charge is 2.38. The molecule has 1 fully saturated rings. The van der Waals surface area contributed by atoms with Gasteiger partial charge in [-0.25, -0.2) is 4.99 Å². The average molecular weight is 416 g/mol. The Morgan fingerprint density at radius 3 is 2.68 bits per heavy atom. The van der Waals surface area contributed by atoms with Gasteiger partial charge in [-0.3, -0.25) is 14.5 Å². The second-order valence-electron chi connectivity index (χ2n) is 6.59. The number of halogens is 1. The Kier molecular flexibility index (Phi) is 6.75. The van der Waals surface area contributed by atoms with Gasteiger partial charge in [0.1, 0.15) is 5.25 Å². The number of hydrogen-bond acceptors (Lipinski definition) is 4. The van der Waals surface area contributed by atoms with E-state index in [1.807, 2.05) is 38.1 Å². The lowest BCUT2D eigenvalue weighted by Crippen LogP contribution is -2.34. The number of aryl methyl sites for hydroxylation is 1. The number of benzene rings is 2. The number of thioether (sulfide) groups is 1. The van der Waals surface area contributed by atoms with E-state index in [9.17, 15) is 9.59 Å². The highest BCUT2D eigenvalue weighted by molar-refractivity contribution is 8.15. The lowest BCUT2D eigenvalue weighted by atomic mass is 10.2. The fourth-order valence-corrected chi connectivity index (χ4v) is 4.21. The summed E-state index contributed by atoms with van der Waals surface area (Å²) in [6.07, 6.45) is 0.907. The van der Waals surface area contributed by atoms with Crippen LogP contribution in [0, 0.1) is 6.92 Å². The number of amidine groups is 1. The molecule has 1 aliphatic rings. The molecule has 5 nitrogen and oxygen atoms in total. The summed E-state index contributed by atoms with van der Waals surface area (Å²) in [5.74, 6) is -0.292. The van der Waals surface area contributed by atoms with Crippen LogP contribution in [0.2, 0.25) is 5.02 Å². The van der Waals surface area contributed by atoms with Gasteiger partial charge in [0, 0.05) is 23.7 Å². The maximum Gasteiger partial charge on any atom is 0.242 e. The van der Waals surface area contributed by atoms with E-state index in [4.69, 9.17) is 11.6 Å². The molecule has 0 radical (unpaired) electrons. The van der Waals surface area contributed by atoms with Crippen molar-refractivity contribution in [3.8, 4) is 0 Å². The second kappa shape index (κ2) is 9.26. The van der Waals surface area contributed by atoms with E-state index < -0.39 is 5.25 Å². The van der Waals surface area contributed by atoms with Crippen molar-refractivity contribution in [2.45, 2.75) is 31.9 Å². The normalized spacial score (nSPS) is 18.0. The number of aliphatic imine (C=N–C) groups is 1. The number of carbonyl (C=O) groups excluding carboxylic acids is 2. The van der Waals surface area contributed by atoms with Crippen molar-refractivity contribution < 1.29 is 9.59 Å². The van der Waals surface area contributed by atoms with Crippen LogP contribution in [0.5, 0.6) is 0 Å². The summed E-state index contributed by atoms with van der Waals surface area (Å²) in [4.78, 5) is 31.6. The topological polar surface area (TPSA) is 61.8 Å². The molecule has 2 aromatic carbocycles. The summed E-state index contributed by atoms with van der Waals surface area (Å²) in [7, 11) is 0. The number of nitrogens with zero attached hydrogens (tertiary/aromatic N) is 2. The summed E-state index contributed by atoms with van der Waals surface area (Å²) < 4.78 is 0. The molecule has 0 aliphatic carbocycles. The van der Waals surface area contributed by atoms with E-state index in [1.54, 1.807) is 29.2 Å². The molecule has 28 heavy (non-hydrogen) atoms. The minimum Gasteiger partial charge on any atom is -0.326 e. The lowest BCUT2D eigenvalue weighted by Gasteiger charge is -2.15. The zero-order chi connectivity index (χ0) is 20.1. The van der Waals surface area contributed by atoms with E-state index in [1.165, 1.54) is 11.8 Å². The van der Waals surface area contributed by atoms with Gasteiger partial charge in [0.05, 0.1) is 5.69 Å². The van der Waals surface area contributed by atoms with Gasteiger partial charge in [0.25, 0.3) is 0 Å². The average Bonchev–Trinajstić information content (AvgIpc) is 2.93. The van der Waals surface area contributed by atoms with Crippen LogP contribution in [-0.2, 0) is 9.59 Å². The highest BCUT2D eigenvalue weighted by atomic mass is 35.5. The Bertz CT molecular complexity index is 899. The van der Waals surface area contributed by atoms with Gasteiger partial charge in [0.15, 0.2) is 5.17 Å². The molecule has 2 amide bonds. The van der Waals surface area contributed by atoms with Crippen LogP contribution < -0.4 is 5.32 Å². The zero-order valence-electron chi connectivity index (χ0n) is 15.8. The first kappa shape index (κ1) is 20.4. The molecular weight excluding hydrogens is 394 g/mol. The Morgan fingerprint density at radius 2 is 2.00 bits per heavy atom. The summed E-state index contributed by atoms with van der Waals surface area (Å²) in [6, 6.07) is 14.8. The van der Waals surface area contributed by atoms with Crippen molar-refractivity contribution in [3.05, 3.63) is 59.1 Å². The van der Waals surface area contributed by atoms with Crippen LogP contribution in [0.25, 0.3) is 0 Å². The molecule has 0 bridgehead atoms. The smallest absolute Gasteiger partial charge is 0.242 e. The van der Waals surface area contributed by atoms with Gasteiger partial charge in [-0.15, -0.1) is 0 Å². The molecule has 0 saturated carbocycles. The largest absolute Gasteiger partial charge is 0.326 e. The fraction of sp³-hybridized carbons (Fsp3) is 0.286. The third-order valence-electron chi connectivity index (χ3n) is 4.21. The number of hydrogen-bond donors (Lipinski definition) is 1. The number of carbonyl (C=O) groups is 2. The first-order chi connectivity index (χ1) is 13.5. The van der Waals surface area contributed by atoms with Crippen molar-refractivity contribution in [2.24, 2.45) is 4.99 Å². The minimum atomic E-state index is -0.477. The first-order valence-electron chi connectivity index (χ1n) is 9.15. The standard InChI is InChI=1S/C21H22ClN3O2S/c1-3-11-25-20(27)18(13-19(26)23-17-6-4-5-15(22)12-17)28-21(25)24-16-9-7-14(2)8-10-16/h4-10,12,18H,3,11,13H2,1-2H3,(H,23,26). The third kappa shape index (κ3) is 5.14. The van der Waals surface area contributed by atoms with Crippen molar-refractivity contribution in [3.63, 3.8) is 0 Å². The number of nitrogens with one attached hydrogen (secondary N) is 1. The molecule has 1 atom stereocenters. The molecular formula is C21H22ClN3O2S. The van der Waals surface area contributed by atoms with Crippen molar-refractivity contribution in [2.75, 3.05) is 11.9 Å². The molecule has 146 valence electrons. The predicted octanol–water partition coefficient (Wildman–Crippen LogP) is 5.02. The molecule has 0 aromatic heterocycles. The highest BCUT2D eigenvalue weighted by Crippen LogP contribution is 2.32. The van der Waals surface area contributed by atoms with E-state index in [-0.39, 0.29) is 18.2 Å². The van der Waals surface area contributed by atoms with Crippen LogP contribution >= 0.6 is 23.4 Å². The third-order valence-corrected chi connectivity index (χ3v) is 5.62. The van der Waals surface area contributed by atoms with E-state index in [0.717, 1.165) is 17.7 Å². The summed E-state index contributed by atoms with van der Waals surface area (Å²) in [6.45, 7) is 4.62. The maximum absolute atomic E-state index is 12.8. The van der Waals surface area contributed by atoms with Crippen LogP contribution in [-0.4, -0.2) is 33.7 Å². The monoisotopic (exact) mass is 415 g/mol. The lowest BCUT2D eigenvalue weighted by molar-refractivity contribution is -0.128. The molecule has 3 rings (SSSR count). The molecule has 0 spiro atoms. The Morgan fingerprint density at radius 1 is 1.25 bits per heavy atom. The SMILES string of the molecule is CCCN1C(=O)C(CC(=O)Nc2cccc(Cl)c2)SC1=Nc1ccc(C)cc1. The second-order valence-corrected chi connectivity index (χ2v) is 8.20. The van der Waals surface area contributed by atoms with Crippen molar-refractivity contribution >= 4 is 51.7 Å². The van der Waals surface area contributed by atoms with Crippen molar-refractivity contribution in [1.82, 2.24) is 4.90 Å². The van der Waals surface area contributed by atoms with Gasteiger partial charge in [-0.1, -0.05) is 54.0 Å². The van der Waals surface area contributed by atoms with E-state index >= 15 is 0 Å². The quantitative estimate of drug-likeness (QED) is 0.720. The Hall–Kier alpha value is -2.31. The fourth-order valence-electron chi connectivity index (χ4n) is 2.83. The minimum absolute atomic E-state index is 0.0704. The number of rotatable bonds is 6. The molecule has 1 aliphatic heterocycles. The molecule has 2 aromatic rings. The molecule has 1 N–H and O–H groups in total. The summed E-state index contributed by atoms with van der Waals surface area (Å²) >= 11 is 7.30. The Balaban J connectivity index is 1.72. The molecule has 1 unspecified atom stereocenters. The maximum atomic E-state index is 12.8. The van der Waals surface area contributed by atoms with Crippen LogP contribution in [0.4, 0.5) is 11.4 Å². The summed E-state index contributed by atoms with van der Waals surface area (Å²) in [5.41, 5.74) is 2.57. The van der Waals surface area contributed by atoms with Gasteiger partial charge in [-0.05, 0) is 43.7 Å². The molecule has 1 saturated heterocycles. The number of amides is 2. The predicted molar refractivity (Wildman–Crippen MR) is 116 cm³/mol. The van der Waals surface area contributed by atoms with Crippen LogP contribution in [0.3, 0.4) is 0 Å². The van der Waals surface area contributed by atoms with Gasteiger partial charge in [-0.2, -0.15) is 0 Å². The Labute approximate surface area is 174 Å². The van der Waals surface area contributed by atoms with Crippen LogP contribution in [0.15, 0.2) is 53.5 Å². The number of anilines is 1. The van der Waals surface area contributed by atoms with Gasteiger partial charge < -0.3 is 5.32 Å². The van der Waals surface area contributed by atoms with Crippen molar-refractivity contribution in [1.29, 1.82) is 0 Å². The van der Waals surface area contributed by atoms with Gasteiger partial charge in [0.2, 0.25) is 11.8 Å². The zero-order valence-corrected chi connectivity index (χ0v) is 17.4. The van der Waals surface area contributed by atoms with E-state index in [2.05, 4.69) is 10.3 Å². The molecule has 1 heterocycles. The molecule has 7 heteroatoms. The van der Waals surface area contributed by atoms with Gasteiger partial charge >= 0.3 is 0 Å². The van der Waals surface area contributed by atoms with Crippen LogP contribution in [0.1, 0.15) is 25.3 Å². The van der Waals surface area contributed by atoms with E-state index in [0.29, 0.717) is 22.4 Å².